The summed E-state index contributed by atoms with van der Waals surface area (Å²) in [5, 5.41) is 0. The van der Waals surface area contributed by atoms with Crippen LogP contribution in [-0.4, -0.2) is 32.0 Å². The van der Waals surface area contributed by atoms with Gasteiger partial charge in [-0.1, -0.05) is 40.5 Å². The highest BCUT2D eigenvalue weighted by molar-refractivity contribution is 7.92. The van der Waals surface area contributed by atoms with Crippen LogP contribution in [0, 0.1) is 11.3 Å². The Balaban J connectivity index is 2.35. The molecule has 1 rings (SSSR count). The van der Waals surface area contributed by atoms with Crippen LogP contribution in [0.2, 0.25) is 0 Å². The average molecular weight is 333 g/mol. The lowest BCUT2D eigenvalue weighted by Gasteiger charge is -2.36. The van der Waals surface area contributed by atoms with Crippen molar-refractivity contribution in [3.63, 3.8) is 0 Å². The Labute approximate surface area is 135 Å². The SMILES string of the molecule is CCCCCS(=O)(=O)CC(=O)OC1CCC(C(C)(C)C)CC1. The molecule has 0 N–H and O–H groups in total. The quantitative estimate of drug-likeness (QED) is 0.526. The van der Waals surface area contributed by atoms with Crippen molar-refractivity contribution in [2.45, 2.75) is 78.7 Å². The summed E-state index contributed by atoms with van der Waals surface area (Å²) in [4.78, 5) is 11.8. The molecule has 0 spiro atoms. The summed E-state index contributed by atoms with van der Waals surface area (Å²) in [5.74, 6) is -0.293. The maximum atomic E-state index is 11.8. The fourth-order valence-corrected chi connectivity index (χ4v) is 4.31. The first kappa shape index (κ1) is 19.5. The molecule has 5 heteroatoms. The summed E-state index contributed by atoms with van der Waals surface area (Å²) in [7, 11) is -3.31. The number of carbonyl (C=O) groups excluding carboxylic acids is 1. The van der Waals surface area contributed by atoms with Crippen LogP contribution in [-0.2, 0) is 19.4 Å². The zero-order valence-corrected chi connectivity index (χ0v) is 15.4. The van der Waals surface area contributed by atoms with Crippen LogP contribution in [0.25, 0.3) is 0 Å². The molecule has 1 saturated carbocycles. The van der Waals surface area contributed by atoms with E-state index in [9.17, 15) is 13.2 Å². The Hall–Kier alpha value is -0.580. The number of unbranched alkanes of at least 4 members (excludes halogenated alkanes) is 2. The van der Waals surface area contributed by atoms with E-state index in [4.69, 9.17) is 4.74 Å². The maximum Gasteiger partial charge on any atom is 0.321 e. The fourth-order valence-electron chi connectivity index (χ4n) is 3.09. The van der Waals surface area contributed by atoms with Gasteiger partial charge in [-0.2, -0.15) is 0 Å². The third kappa shape index (κ3) is 7.12. The highest BCUT2D eigenvalue weighted by Gasteiger charge is 2.31. The molecule has 0 aromatic carbocycles. The van der Waals surface area contributed by atoms with Crippen LogP contribution in [0.5, 0.6) is 0 Å². The van der Waals surface area contributed by atoms with Crippen molar-refractivity contribution in [2.75, 3.05) is 11.5 Å². The van der Waals surface area contributed by atoms with E-state index < -0.39 is 21.6 Å². The monoisotopic (exact) mass is 332 g/mol. The number of hydrogen-bond acceptors (Lipinski definition) is 4. The second kappa shape index (κ2) is 8.32. The fraction of sp³-hybridized carbons (Fsp3) is 0.941. The molecular formula is C17H32O4S. The van der Waals surface area contributed by atoms with Crippen molar-refractivity contribution in [3.05, 3.63) is 0 Å². The smallest absolute Gasteiger partial charge is 0.321 e. The maximum absolute atomic E-state index is 11.8. The highest BCUT2D eigenvalue weighted by atomic mass is 32.2. The number of carbonyl (C=O) groups is 1. The van der Waals surface area contributed by atoms with Gasteiger partial charge in [-0.05, 0) is 43.4 Å². The third-order valence-corrected chi connectivity index (χ3v) is 6.18. The Bertz CT molecular complexity index is 440. The van der Waals surface area contributed by atoms with E-state index in [0.717, 1.165) is 38.5 Å². The number of rotatable bonds is 7. The largest absolute Gasteiger partial charge is 0.462 e. The van der Waals surface area contributed by atoms with Crippen LogP contribution in [0.4, 0.5) is 0 Å². The topological polar surface area (TPSA) is 60.4 Å². The van der Waals surface area contributed by atoms with Gasteiger partial charge in [-0.15, -0.1) is 0 Å². The molecular weight excluding hydrogens is 300 g/mol. The molecule has 0 aliphatic heterocycles. The summed E-state index contributed by atoms with van der Waals surface area (Å²) in [5.41, 5.74) is 0.289. The molecule has 0 unspecified atom stereocenters. The number of hydrogen-bond donors (Lipinski definition) is 0. The minimum absolute atomic E-state index is 0.0900. The summed E-state index contributed by atoms with van der Waals surface area (Å²) in [6.07, 6.45) is 6.17. The second-order valence-corrected chi connectivity index (χ2v) is 9.81. The highest BCUT2D eigenvalue weighted by Crippen LogP contribution is 2.38. The number of ether oxygens (including phenoxy) is 1. The zero-order chi connectivity index (χ0) is 16.8. The van der Waals surface area contributed by atoms with Crippen LogP contribution < -0.4 is 0 Å². The van der Waals surface area contributed by atoms with Crippen LogP contribution in [0.1, 0.15) is 72.6 Å². The van der Waals surface area contributed by atoms with Crippen molar-refractivity contribution in [3.8, 4) is 0 Å². The second-order valence-electron chi connectivity index (χ2n) is 7.63. The summed E-state index contributed by atoms with van der Waals surface area (Å²) < 4.78 is 29.1. The molecule has 0 bridgehead atoms. The van der Waals surface area contributed by atoms with Gasteiger partial charge in [0.15, 0.2) is 9.84 Å². The van der Waals surface area contributed by atoms with Crippen molar-refractivity contribution in [2.24, 2.45) is 11.3 Å². The zero-order valence-electron chi connectivity index (χ0n) is 14.6. The molecule has 0 amide bonds. The average Bonchev–Trinajstić information content (AvgIpc) is 2.37. The lowest BCUT2D eigenvalue weighted by molar-refractivity contribution is -0.148. The van der Waals surface area contributed by atoms with Gasteiger partial charge in [-0.25, -0.2) is 8.42 Å². The molecule has 0 aromatic heterocycles. The van der Waals surface area contributed by atoms with Gasteiger partial charge in [0.05, 0.1) is 5.75 Å². The molecule has 22 heavy (non-hydrogen) atoms. The van der Waals surface area contributed by atoms with Crippen LogP contribution in [0.15, 0.2) is 0 Å². The summed E-state index contributed by atoms with van der Waals surface area (Å²) in [6.45, 7) is 8.75. The van der Waals surface area contributed by atoms with Crippen molar-refractivity contribution < 1.29 is 17.9 Å². The number of esters is 1. The molecule has 130 valence electrons. The van der Waals surface area contributed by atoms with Gasteiger partial charge in [-0.3, -0.25) is 4.79 Å². The van der Waals surface area contributed by atoms with E-state index in [1.54, 1.807) is 0 Å². The Morgan fingerprint density at radius 1 is 1.09 bits per heavy atom. The van der Waals surface area contributed by atoms with E-state index in [2.05, 4.69) is 20.8 Å². The standard InChI is InChI=1S/C17H32O4S/c1-5-6-7-12-22(19,20)13-16(18)21-15-10-8-14(9-11-15)17(2,3)4/h14-15H,5-13H2,1-4H3. The molecule has 1 aliphatic carbocycles. The predicted molar refractivity (Wildman–Crippen MR) is 89.5 cm³/mol. The number of sulfone groups is 1. The van der Waals surface area contributed by atoms with Crippen molar-refractivity contribution in [1.29, 1.82) is 0 Å². The first-order valence-electron chi connectivity index (χ1n) is 8.54. The minimum atomic E-state index is -3.31. The van der Waals surface area contributed by atoms with Crippen LogP contribution >= 0.6 is 0 Å². The molecule has 1 aliphatic rings. The third-order valence-electron chi connectivity index (χ3n) is 4.59. The van der Waals surface area contributed by atoms with Gasteiger partial charge in [0.2, 0.25) is 0 Å². The lowest BCUT2D eigenvalue weighted by atomic mass is 9.72. The molecule has 4 nitrogen and oxygen atoms in total. The molecule has 0 radical (unpaired) electrons. The van der Waals surface area contributed by atoms with Gasteiger partial charge < -0.3 is 4.74 Å². The first-order valence-corrected chi connectivity index (χ1v) is 10.4. The predicted octanol–water partition coefficient (Wildman–Crippen LogP) is 3.74. The van der Waals surface area contributed by atoms with E-state index in [1.165, 1.54) is 0 Å². The van der Waals surface area contributed by atoms with Crippen molar-refractivity contribution in [1.82, 2.24) is 0 Å². The lowest BCUT2D eigenvalue weighted by Crippen LogP contribution is -2.32. The normalized spacial score (nSPS) is 23.3. The van der Waals surface area contributed by atoms with E-state index in [-0.39, 0.29) is 17.3 Å². The van der Waals surface area contributed by atoms with Gasteiger partial charge in [0, 0.05) is 0 Å². The molecule has 0 saturated heterocycles. The van der Waals surface area contributed by atoms with Gasteiger partial charge in [0.25, 0.3) is 0 Å². The first-order chi connectivity index (χ1) is 10.1. The molecule has 0 atom stereocenters. The molecule has 0 heterocycles. The van der Waals surface area contributed by atoms with E-state index in [0.29, 0.717) is 12.3 Å². The van der Waals surface area contributed by atoms with Crippen LogP contribution in [0.3, 0.4) is 0 Å². The van der Waals surface area contributed by atoms with Crippen molar-refractivity contribution >= 4 is 15.8 Å². The summed E-state index contributed by atoms with van der Waals surface area (Å²) in [6, 6.07) is 0. The van der Waals surface area contributed by atoms with Gasteiger partial charge in [0.1, 0.15) is 11.9 Å². The van der Waals surface area contributed by atoms with Gasteiger partial charge >= 0.3 is 5.97 Å². The Kier molecular flexibility index (Phi) is 7.36. The minimum Gasteiger partial charge on any atom is -0.462 e. The summed E-state index contributed by atoms with van der Waals surface area (Å²) >= 11 is 0. The Morgan fingerprint density at radius 2 is 1.68 bits per heavy atom. The van der Waals surface area contributed by atoms with E-state index in [1.807, 2.05) is 6.92 Å². The molecule has 1 fully saturated rings. The Morgan fingerprint density at radius 3 is 2.18 bits per heavy atom. The van der Waals surface area contributed by atoms with E-state index >= 15 is 0 Å². The molecule has 0 aromatic rings.